The molecule has 0 spiro atoms. The van der Waals surface area contributed by atoms with E-state index in [0.29, 0.717) is 40.0 Å². The third kappa shape index (κ3) is 3.62. The minimum absolute atomic E-state index is 0.00458. The van der Waals surface area contributed by atoms with Gasteiger partial charge in [0.05, 0.1) is 12.7 Å². The predicted molar refractivity (Wildman–Crippen MR) is 125 cm³/mol. The van der Waals surface area contributed by atoms with Crippen LogP contribution in [-0.4, -0.2) is 22.9 Å². The first-order valence-electron chi connectivity index (χ1n) is 10.4. The smallest absolute Gasteiger partial charge is 0.347 e. The fraction of sp³-hybridized carbons (Fsp3) is 0.269. The Bertz CT molecular complexity index is 1320. The number of hydrogen-bond acceptors (Lipinski definition) is 6. The van der Waals surface area contributed by atoms with Crippen molar-refractivity contribution >= 4 is 17.0 Å². The van der Waals surface area contributed by atoms with Gasteiger partial charge in [0.2, 0.25) is 0 Å². The molecular weight excluding hydrogens is 408 g/mol. The molecule has 0 radical (unpaired) electrons. The standard InChI is InChI=1S/C26H26O6/c1-14(2)6-11-17-22-18(12-13-26(3,4)32-22)23(30-5)20-21(28)19(25(29)31-24(17)20)15-7-9-16(27)10-8-15/h6-10,12-13,27-28H,11H2,1-5H3. The van der Waals surface area contributed by atoms with Crippen molar-refractivity contribution in [1.82, 2.24) is 0 Å². The van der Waals surface area contributed by atoms with E-state index in [1.807, 2.05) is 45.9 Å². The predicted octanol–water partition coefficient (Wildman–Crippen LogP) is 5.57. The summed E-state index contributed by atoms with van der Waals surface area (Å²) in [6.07, 6.45) is 6.30. The first-order chi connectivity index (χ1) is 15.1. The molecule has 0 amide bonds. The normalized spacial score (nSPS) is 14.0. The van der Waals surface area contributed by atoms with Gasteiger partial charge in [0.15, 0.2) is 5.58 Å². The second-order valence-corrected chi connectivity index (χ2v) is 8.64. The maximum absolute atomic E-state index is 13.0. The summed E-state index contributed by atoms with van der Waals surface area (Å²) in [6, 6.07) is 5.99. The highest BCUT2D eigenvalue weighted by Gasteiger charge is 2.32. The molecule has 2 aromatic carbocycles. The Hall–Kier alpha value is -3.67. The summed E-state index contributed by atoms with van der Waals surface area (Å²) in [6.45, 7) is 7.85. The number of methoxy groups -OCH3 is 1. The Morgan fingerprint density at radius 3 is 2.47 bits per heavy atom. The van der Waals surface area contributed by atoms with Crippen LogP contribution in [0, 0.1) is 0 Å². The van der Waals surface area contributed by atoms with Crippen molar-refractivity contribution in [3.8, 4) is 34.1 Å². The molecule has 1 aliphatic rings. The summed E-state index contributed by atoms with van der Waals surface area (Å²) >= 11 is 0. The van der Waals surface area contributed by atoms with E-state index in [1.54, 1.807) is 12.1 Å². The summed E-state index contributed by atoms with van der Waals surface area (Å²) in [5, 5.41) is 21.2. The van der Waals surface area contributed by atoms with Crippen LogP contribution in [0.3, 0.4) is 0 Å². The van der Waals surface area contributed by atoms with Crippen LogP contribution in [0.2, 0.25) is 0 Å². The van der Waals surface area contributed by atoms with Gasteiger partial charge in [-0.05, 0) is 64.0 Å². The lowest BCUT2D eigenvalue weighted by atomic mass is 9.93. The molecule has 3 aromatic rings. The van der Waals surface area contributed by atoms with Gasteiger partial charge in [-0.2, -0.15) is 0 Å². The Labute approximate surface area is 186 Å². The molecular formula is C26H26O6. The molecule has 0 fully saturated rings. The molecule has 1 aliphatic heterocycles. The monoisotopic (exact) mass is 434 g/mol. The fourth-order valence-corrected chi connectivity index (χ4v) is 3.89. The number of phenols is 1. The lowest BCUT2D eigenvalue weighted by Crippen LogP contribution is -2.28. The fourth-order valence-electron chi connectivity index (χ4n) is 3.89. The lowest BCUT2D eigenvalue weighted by molar-refractivity contribution is 0.157. The van der Waals surface area contributed by atoms with Gasteiger partial charge in [0.25, 0.3) is 0 Å². The minimum Gasteiger partial charge on any atom is -0.508 e. The zero-order valence-electron chi connectivity index (χ0n) is 18.8. The number of hydrogen-bond donors (Lipinski definition) is 2. The average molecular weight is 434 g/mol. The number of ether oxygens (including phenoxy) is 2. The summed E-state index contributed by atoms with van der Waals surface area (Å²) in [7, 11) is 1.50. The van der Waals surface area contributed by atoms with Crippen molar-refractivity contribution in [2.45, 2.75) is 39.7 Å². The summed E-state index contributed by atoms with van der Waals surface area (Å²) in [4.78, 5) is 13.0. The molecule has 166 valence electrons. The van der Waals surface area contributed by atoms with Crippen LogP contribution in [0.5, 0.6) is 23.0 Å². The highest BCUT2D eigenvalue weighted by atomic mass is 16.5. The van der Waals surface area contributed by atoms with E-state index in [-0.39, 0.29) is 22.6 Å². The van der Waals surface area contributed by atoms with E-state index in [0.717, 1.165) is 5.57 Å². The molecule has 0 saturated heterocycles. The van der Waals surface area contributed by atoms with Crippen LogP contribution < -0.4 is 15.1 Å². The van der Waals surface area contributed by atoms with E-state index < -0.39 is 11.2 Å². The summed E-state index contributed by atoms with van der Waals surface area (Å²) in [5.74, 6) is 0.750. The largest absolute Gasteiger partial charge is 0.508 e. The maximum Gasteiger partial charge on any atom is 0.347 e. The number of aromatic hydroxyl groups is 2. The number of allylic oxidation sites excluding steroid dienone is 2. The maximum atomic E-state index is 13.0. The molecule has 0 aliphatic carbocycles. The molecule has 0 saturated carbocycles. The van der Waals surface area contributed by atoms with Crippen molar-refractivity contribution in [2.75, 3.05) is 7.11 Å². The van der Waals surface area contributed by atoms with Gasteiger partial charge < -0.3 is 24.1 Å². The third-order valence-electron chi connectivity index (χ3n) is 5.46. The molecule has 0 atom stereocenters. The molecule has 32 heavy (non-hydrogen) atoms. The van der Waals surface area contributed by atoms with Crippen LogP contribution in [0.15, 0.2) is 51.2 Å². The SMILES string of the molecule is COc1c2c(c(CC=C(C)C)c3oc(=O)c(-c4ccc(O)cc4)c(O)c13)OC(C)(C)C=C2. The van der Waals surface area contributed by atoms with Gasteiger partial charge in [-0.25, -0.2) is 4.79 Å². The van der Waals surface area contributed by atoms with Crippen LogP contribution in [-0.2, 0) is 6.42 Å². The molecule has 6 nitrogen and oxygen atoms in total. The molecule has 4 rings (SSSR count). The lowest BCUT2D eigenvalue weighted by Gasteiger charge is -2.31. The zero-order chi connectivity index (χ0) is 23.2. The quantitative estimate of drug-likeness (QED) is 0.412. The Morgan fingerprint density at radius 1 is 1.16 bits per heavy atom. The van der Waals surface area contributed by atoms with Crippen molar-refractivity contribution < 1.29 is 24.1 Å². The third-order valence-corrected chi connectivity index (χ3v) is 5.46. The van der Waals surface area contributed by atoms with Gasteiger partial charge in [0.1, 0.15) is 39.5 Å². The van der Waals surface area contributed by atoms with Crippen molar-refractivity contribution in [2.24, 2.45) is 0 Å². The van der Waals surface area contributed by atoms with Gasteiger partial charge >= 0.3 is 5.63 Å². The van der Waals surface area contributed by atoms with Crippen LogP contribution >= 0.6 is 0 Å². The van der Waals surface area contributed by atoms with E-state index in [9.17, 15) is 15.0 Å². The summed E-state index contributed by atoms with van der Waals surface area (Å²) in [5.41, 5.74) is 1.86. The second-order valence-electron chi connectivity index (χ2n) is 8.64. The van der Waals surface area contributed by atoms with Crippen molar-refractivity contribution in [3.63, 3.8) is 0 Å². The number of rotatable bonds is 4. The number of phenolic OH excluding ortho intramolecular Hbond substituents is 1. The van der Waals surface area contributed by atoms with Gasteiger partial charge in [0, 0.05) is 5.56 Å². The molecule has 1 aromatic heterocycles. The van der Waals surface area contributed by atoms with Gasteiger partial charge in [-0.1, -0.05) is 23.8 Å². The van der Waals surface area contributed by atoms with E-state index >= 15 is 0 Å². The molecule has 0 bridgehead atoms. The Balaban J connectivity index is 2.14. The molecule has 2 heterocycles. The number of fused-ring (bicyclic) bond motifs is 2. The van der Waals surface area contributed by atoms with Gasteiger partial charge in [-0.3, -0.25) is 0 Å². The first kappa shape index (κ1) is 21.6. The number of benzene rings is 2. The average Bonchev–Trinajstić information content (AvgIpc) is 2.72. The topological polar surface area (TPSA) is 89.1 Å². The minimum atomic E-state index is -0.688. The highest BCUT2D eigenvalue weighted by molar-refractivity contribution is 6.01. The Morgan fingerprint density at radius 2 is 1.84 bits per heavy atom. The van der Waals surface area contributed by atoms with Crippen LogP contribution in [0.1, 0.15) is 38.8 Å². The van der Waals surface area contributed by atoms with Crippen molar-refractivity contribution in [3.05, 3.63) is 63.5 Å². The van der Waals surface area contributed by atoms with Crippen LogP contribution in [0.25, 0.3) is 28.2 Å². The highest BCUT2D eigenvalue weighted by Crippen LogP contribution is 2.49. The van der Waals surface area contributed by atoms with Crippen LogP contribution in [0.4, 0.5) is 0 Å². The second kappa shape index (κ2) is 7.79. The van der Waals surface area contributed by atoms with Crippen molar-refractivity contribution in [1.29, 1.82) is 0 Å². The van der Waals surface area contributed by atoms with E-state index in [1.165, 1.54) is 19.2 Å². The first-order valence-corrected chi connectivity index (χ1v) is 10.4. The van der Waals surface area contributed by atoms with E-state index in [2.05, 4.69) is 0 Å². The molecule has 0 unspecified atom stereocenters. The zero-order valence-corrected chi connectivity index (χ0v) is 18.8. The molecule has 2 N–H and O–H groups in total. The Kier molecular flexibility index (Phi) is 5.25. The van der Waals surface area contributed by atoms with Gasteiger partial charge in [-0.15, -0.1) is 0 Å². The summed E-state index contributed by atoms with van der Waals surface area (Å²) < 4.78 is 17.8. The van der Waals surface area contributed by atoms with E-state index in [4.69, 9.17) is 13.9 Å². The molecule has 6 heteroatoms.